The molecule has 0 bridgehead atoms. The van der Waals surface area contributed by atoms with Gasteiger partial charge in [-0.2, -0.15) is 0 Å². The van der Waals surface area contributed by atoms with Crippen LogP contribution in [-0.2, 0) is 29.4 Å². The van der Waals surface area contributed by atoms with E-state index in [9.17, 15) is 25.6 Å². The maximum Gasteiger partial charge on any atom is 1.00 e. The van der Waals surface area contributed by atoms with E-state index in [0.29, 0.717) is 17.2 Å². The van der Waals surface area contributed by atoms with Crippen LogP contribution in [0, 0.1) is 13.0 Å². The van der Waals surface area contributed by atoms with E-state index in [1.807, 2.05) is 36.4 Å². The van der Waals surface area contributed by atoms with E-state index in [4.69, 9.17) is 21.3 Å². The fourth-order valence-corrected chi connectivity index (χ4v) is 4.96. The molecule has 17 heteroatoms. The van der Waals surface area contributed by atoms with Gasteiger partial charge in [-0.1, -0.05) is 24.3 Å². The molecule has 0 heterocycles. The molecule has 4 rings (SSSR count). The van der Waals surface area contributed by atoms with Crippen LogP contribution in [0.2, 0.25) is 0 Å². The molecule has 236 valence electrons. The zero-order valence-electron chi connectivity index (χ0n) is 26.6. The third kappa shape index (κ3) is 24.2. The number of sulfone groups is 2. The van der Waals surface area contributed by atoms with Gasteiger partial charge in [-0.15, -0.1) is 0 Å². The molecule has 0 unspecified atom stereocenters. The van der Waals surface area contributed by atoms with Crippen molar-refractivity contribution in [1.29, 1.82) is 0 Å². The molecule has 0 saturated heterocycles. The molecule has 0 aliphatic rings. The Morgan fingerprint density at radius 2 is 1.20 bits per heavy atom. The molecule has 45 heavy (non-hydrogen) atoms. The van der Waals surface area contributed by atoms with E-state index in [0.717, 1.165) is 19.5 Å². The summed E-state index contributed by atoms with van der Waals surface area (Å²) in [5.41, 5.74) is 0. The largest absolute Gasteiger partial charge is 1.00 e. The Balaban J connectivity index is -0.000000275. The van der Waals surface area contributed by atoms with E-state index in [1.54, 1.807) is 30.3 Å². The summed E-state index contributed by atoms with van der Waals surface area (Å²) in [6.45, 7) is -0.181. The normalized spacial score (nSPS) is 9.80. The fourth-order valence-electron chi connectivity index (χ4n) is 2.61. The van der Waals surface area contributed by atoms with Crippen molar-refractivity contribution in [2.75, 3.05) is 19.7 Å². The van der Waals surface area contributed by atoms with Crippen LogP contribution >= 0.6 is 45.2 Å². The first kappa shape index (κ1) is 47.5. The van der Waals surface area contributed by atoms with Gasteiger partial charge >= 0.3 is 103 Å². The Bertz CT molecular complexity index is 1660. The van der Waals surface area contributed by atoms with Crippen molar-refractivity contribution in [2.45, 2.75) is 9.79 Å². The summed E-state index contributed by atoms with van der Waals surface area (Å²) >= 11 is 4.34. The van der Waals surface area contributed by atoms with Gasteiger partial charge in [0.05, 0.1) is 18.3 Å². The fraction of sp³-hybridized carbons (Fsp3) is 0.107. The molecule has 0 atom stereocenters. The molecule has 0 aliphatic carbocycles. The van der Waals surface area contributed by atoms with E-state index < -0.39 is 32.6 Å². The van der Waals surface area contributed by atoms with Crippen molar-refractivity contribution < 1.29 is 156 Å². The molecule has 0 fully saturated rings. The third-order valence-electron chi connectivity index (χ3n) is 4.34. The molecule has 0 aromatic heterocycles. The van der Waals surface area contributed by atoms with Crippen LogP contribution in [0.25, 0.3) is 0 Å². The number of carbonyl (C=O) groups is 1. The molecule has 0 aliphatic heterocycles. The van der Waals surface area contributed by atoms with Gasteiger partial charge in [-0.3, -0.25) is 9.18 Å². The van der Waals surface area contributed by atoms with E-state index >= 15 is 0 Å². The minimum absolute atomic E-state index is 0. The predicted molar refractivity (Wildman–Crippen MR) is 174 cm³/mol. The molecule has 4 aromatic carbocycles. The van der Waals surface area contributed by atoms with E-state index in [-0.39, 0.29) is 120 Å². The summed E-state index contributed by atoms with van der Waals surface area (Å²) in [5, 5.41) is 17.2. The van der Waals surface area contributed by atoms with Crippen molar-refractivity contribution in [3.8, 4) is 17.2 Å². The van der Waals surface area contributed by atoms with Gasteiger partial charge in [-0.05, 0) is 118 Å². The van der Waals surface area contributed by atoms with Crippen LogP contribution in [0.5, 0.6) is 17.2 Å². The number of alkyl halides is 1. The van der Waals surface area contributed by atoms with Crippen LogP contribution in [0.4, 0.5) is 8.78 Å². The summed E-state index contributed by atoms with van der Waals surface area (Å²) in [6, 6.07) is 26.1. The van der Waals surface area contributed by atoms with Crippen LogP contribution in [0.15, 0.2) is 107 Å². The average molecular weight is 944 g/mol. The quantitative estimate of drug-likeness (QED) is 0.0951. The second-order valence-electron chi connectivity index (χ2n) is 7.71. The molecule has 0 radical (unpaired) electrons. The molecule has 1 N–H and O–H groups in total. The minimum Gasteiger partial charge on any atom is -1.00 e. The monoisotopic (exact) mass is 943 g/mol. The van der Waals surface area contributed by atoms with Gasteiger partial charge in [0.15, 0.2) is 19.7 Å². The molecule has 0 saturated carbocycles. The van der Waals surface area contributed by atoms with Crippen LogP contribution in [-0.4, -0.2) is 48.1 Å². The molecular formula is C28H28F2I2K2O9S2. The van der Waals surface area contributed by atoms with Gasteiger partial charge < -0.3 is 21.4 Å². The zero-order valence-corrected chi connectivity index (χ0v) is 36.8. The summed E-state index contributed by atoms with van der Waals surface area (Å²) in [5.74, 6) is 0.998. The van der Waals surface area contributed by atoms with Gasteiger partial charge in [0.25, 0.3) is 6.47 Å². The minimum atomic E-state index is -3.27. The number of carbonyl (C=O) groups excluding carboxylic acids is 1. The van der Waals surface area contributed by atoms with Crippen LogP contribution < -0.4 is 113 Å². The number of phenolic OH excluding ortho intramolecular Hbond substituents is 1. The summed E-state index contributed by atoms with van der Waals surface area (Å²) in [7, 11) is -7.47. The SMILES string of the molecule is CS(=O)(=O)c1cccc(F)c1.CS(=O)(=O)c1cccc(Oc2cccc(I)c2)c1.O=CO[O-].Oc1cccc(I)c1.[2H]CF.[H-].[K+].[K+]. The molecule has 9 nitrogen and oxygen atoms in total. The zero-order chi connectivity index (χ0) is 33.8. The maximum atomic E-state index is 12.4. The van der Waals surface area contributed by atoms with Crippen molar-refractivity contribution in [3.05, 3.63) is 110 Å². The van der Waals surface area contributed by atoms with Gasteiger partial charge in [0.2, 0.25) is 0 Å². The Hall–Kier alpha value is 0.403. The summed E-state index contributed by atoms with van der Waals surface area (Å²) in [4.78, 5) is 11.5. The van der Waals surface area contributed by atoms with Crippen LogP contribution in [0.3, 0.4) is 0 Å². The second-order valence-corrected chi connectivity index (χ2v) is 14.2. The van der Waals surface area contributed by atoms with E-state index in [2.05, 4.69) is 50.1 Å². The molecule has 0 amide bonds. The van der Waals surface area contributed by atoms with Crippen molar-refractivity contribution in [1.82, 2.24) is 0 Å². The molecule has 0 spiro atoms. The molecule has 4 aromatic rings. The van der Waals surface area contributed by atoms with E-state index in [1.165, 1.54) is 30.5 Å². The summed E-state index contributed by atoms with van der Waals surface area (Å²) in [6.07, 6.45) is 2.22. The number of benzene rings is 4. The third-order valence-corrected chi connectivity index (χ3v) is 7.90. The first-order chi connectivity index (χ1) is 20.6. The standard InChI is InChI=1S/C13H11IO3S.C7H7FO2S.C6H5IO.CH3F.CH2O3.2K.H/c1-18(15,16)13-7-3-6-12(9-13)17-11-5-2-4-10(14)8-11;1-11(9,10)7-4-2-3-6(8)5-7;7-5-2-1-3-6(8)4-5;1-2;2-1-4-3;;;/h2-9H,1H3;2-5H,1H3;1-4,8H;1H3;1,3H;;;/q;;;;;2*+1;-1/p-1/i;;;1D;;;;. The Labute approximate surface area is 377 Å². The van der Waals surface area contributed by atoms with Gasteiger partial charge in [0.1, 0.15) is 23.1 Å². The number of aromatic hydroxyl groups is 1. The van der Waals surface area contributed by atoms with Gasteiger partial charge in [-0.25, -0.2) is 21.2 Å². The Morgan fingerprint density at radius 3 is 1.56 bits per heavy atom. The van der Waals surface area contributed by atoms with Crippen molar-refractivity contribution in [3.63, 3.8) is 0 Å². The smallest absolute Gasteiger partial charge is 1.00 e. The van der Waals surface area contributed by atoms with Crippen LogP contribution in [0.1, 0.15) is 2.80 Å². The number of halogens is 4. The maximum absolute atomic E-state index is 12.4. The Morgan fingerprint density at radius 1 is 0.800 bits per heavy atom. The number of phenols is 1. The first-order valence-corrected chi connectivity index (χ1v) is 17.2. The second kappa shape index (κ2) is 27.3. The van der Waals surface area contributed by atoms with Crippen molar-refractivity contribution >= 4 is 71.3 Å². The average Bonchev–Trinajstić information content (AvgIpc) is 2.94. The topological polar surface area (TPSA) is 147 Å². The first-order valence-electron chi connectivity index (χ1n) is 12.0. The predicted octanol–water partition coefficient (Wildman–Crippen LogP) is -0.146. The van der Waals surface area contributed by atoms with Gasteiger partial charge in [0, 0.05) is 19.7 Å². The molecular weight excluding hydrogens is 914 g/mol. The van der Waals surface area contributed by atoms with Crippen molar-refractivity contribution in [2.24, 2.45) is 0 Å². The number of hydrogen-bond acceptors (Lipinski definition) is 9. The number of ether oxygens (including phenoxy) is 1. The summed E-state index contributed by atoms with van der Waals surface area (Å²) < 4.78 is 80.2. The number of rotatable bonds is 5. The number of hydrogen-bond donors (Lipinski definition) is 1. The Kier molecular flexibility index (Phi) is 28.8.